The average Bonchev–Trinajstić information content (AvgIpc) is 2.65. The Morgan fingerprint density at radius 1 is 1.27 bits per heavy atom. The number of hydrogen-bond acceptors (Lipinski definition) is 4. The summed E-state index contributed by atoms with van der Waals surface area (Å²) in [5, 5.41) is 8.52. The fraction of sp³-hybridized carbons (Fsp3) is 0.429. The summed E-state index contributed by atoms with van der Waals surface area (Å²) >= 11 is 0. The number of fused-ring (bicyclic) bond motifs is 3. The molecule has 0 saturated carbocycles. The minimum absolute atomic E-state index is 0.200. The molecule has 138 valence electrons. The Balaban J connectivity index is 2.22. The monoisotopic (exact) mass is 354 g/mol. The molecule has 0 saturated heterocycles. The van der Waals surface area contributed by atoms with E-state index in [1.165, 1.54) is 5.56 Å². The van der Waals surface area contributed by atoms with Crippen LogP contribution in [0, 0.1) is 5.41 Å². The van der Waals surface area contributed by atoms with E-state index in [0.29, 0.717) is 12.2 Å². The van der Waals surface area contributed by atoms with Crippen molar-refractivity contribution in [2.75, 3.05) is 13.7 Å². The van der Waals surface area contributed by atoms with Gasteiger partial charge in [0.25, 0.3) is 0 Å². The van der Waals surface area contributed by atoms with Crippen molar-refractivity contribution in [3.8, 4) is 17.0 Å². The summed E-state index contributed by atoms with van der Waals surface area (Å²) in [6.07, 6.45) is 4.49. The summed E-state index contributed by atoms with van der Waals surface area (Å²) in [5.41, 5.74) is 4.80. The number of carbonyl (C=O) groups excluding carboxylic acids is 1. The molecule has 1 atom stereocenters. The van der Waals surface area contributed by atoms with E-state index < -0.39 is 5.97 Å². The van der Waals surface area contributed by atoms with Crippen LogP contribution in [0.4, 0.5) is 0 Å². The molecule has 1 aromatic heterocycles. The number of carbonyl (C=O) groups is 1. The minimum Gasteiger partial charge on any atom is -0.496 e. The number of pyridine rings is 1. The van der Waals surface area contributed by atoms with Crippen molar-refractivity contribution < 1.29 is 14.3 Å². The van der Waals surface area contributed by atoms with Crippen LogP contribution in [-0.2, 0) is 17.6 Å². The van der Waals surface area contributed by atoms with E-state index in [9.17, 15) is 4.79 Å². The number of nitrogens with zero attached hydrogens (tertiary/aromatic N) is 1. The molecule has 3 rings (SSSR count). The van der Waals surface area contributed by atoms with Gasteiger partial charge in [0, 0.05) is 17.8 Å². The van der Waals surface area contributed by atoms with Crippen molar-refractivity contribution in [2.45, 2.75) is 46.1 Å². The fourth-order valence-corrected chi connectivity index (χ4v) is 3.69. The summed E-state index contributed by atoms with van der Waals surface area (Å²) in [7, 11) is 1.71. The lowest BCUT2D eigenvalue weighted by atomic mass is 9.89. The van der Waals surface area contributed by atoms with Crippen LogP contribution in [0.15, 0.2) is 24.4 Å². The highest BCUT2D eigenvalue weighted by atomic mass is 16.5. The van der Waals surface area contributed by atoms with Gasteiger partial charge in [-0.2, -0.15) is 0 Å². The second-order valence-electron chi connectivity index (χ2n) is 6.55. The van der Waals surface area contributed by atoms with Gasteiger partial charge in [0.2, 0.25) is 0 Å². The van der Waals surface area contributed by atoms with Gasteiger partial charge in [0.15, 0.2) is 0 Å². The normalized spacial score (nSPS) is 15.2. The van der Waals surface area contributed by atoms with Crippen molar-refractivity contribution >= 4 is 5.97 Å². The molecular weight excluding hydrogens is 328 g/mol. The van der Waals surface area contributed by atoms with E-state index in [1.54, 1.807) is 26.3 Å². The second-order valence-corrected chi connectivity index (χ2v) is 6.55. The van der Waals surface area contributed by atoms with Gasteiger partial charge in [-0.05, 0) is 55.5 Å². The maximum Gasteiger partial charge on any atom is 0.341 e. The Hall–Kier alpha value is -2.56. The van der Waals surface area contributed by atoms with Gasteiger partial charge in [-0.3, -0.25) is 5.41 Å². The van der Waals surface area contributed by atoms with Crippen molar-refractivity contribution in [3.05, 3.63) is 46.4 Å². The number of nitrogens with one attached hydrogen (secondary N) is 1. The van der Waals surface area contributed by atoms with E-state index in [1.807, 2.05) is 0 Å². The average molecular weight is 354 g/mol. The number of aryl methyl sites for hydroxylation is 1. The second kappa shape index (κ2) is 7.36. The van der Waals surface area contributed by atoms with Gasteiger partial charge in [0.1, 0.15) is 11.3 Å². The highest BCUT2D eigenvalue weighted by Crippen LogP contribution is 2.39. The standard InChI is InChI=1S/C21H26N2O3/c1-5-13-9-16-14(10-20(13)25-4)8-15(6-2)23-12-17(21(24)26-7-3)18(22)11-19(16)23/h9-12,15,22H,5-8H2,1-4H3. The lowest BCUT2D eigenvalue weighted by Crippen LogP contribution is -2.26. The molecule has 5 heteroatoms. The summed E-state index contributed by atoms with van der Waals surface area (Å²) in [4.78, 5) is 12.2. The minimum atomic E-state index is -0.433. The lowest BCUT2D eigenvalue weighted by Gasteiger charge is -2.31. The third-order valence-corrected chi connectivity index (χ3v) is 5.10. The van der Waals surface area contributed by atoms with Crippen LogP contribution in [0.3, 0.4) is 0 Å². The van der Waals surface area contributed by atoms with E-state index in [4.69, 9.17) is 14.9 Å². The first-order valence-corrected chi connectivity index (χ1v) is 9.21. The molecule has 0 amide bonds. The third-order valence-electron chi connectivity index (χ3n) is 5.10. The molecule has 26 heavy (non-hydrogen) atoms. The molecule has 0 radical (unpaired) electrons. The molecule has 0 spiro atoms. The predicted octanol–water partition coefficient (Wildman–Crippen LogP) is 3.89. The highest BCUT2D eigenvalue weighted by molar-refractivity contribution is 5.89. The van der Waals surface area contributed by atoms with E-state index in [-0.39, 0.29) is 11.4 Å². The maximum atomic E-state index is 12.2. The molecule has 5 nitrogen and oxygen atoms in total. The molecule has 1 unspecified atom stereocenters. The molecule has 0 fully saturated rings. The van der Waals surface area contributed by atoms with Crippen molar-refractivity contribution in [1.29, 1.82) is 5.41 Å². The fourth-order valence-electron chi connectivity index (χ4n) is 3.69. The number of ether oxygens (including phenoxy) is 2. The maximum absolute atomic E-state index is 12.2. The Morgan fingerprint density at radius 3 is 2.65 bits per heavy atom. The number of benzene rings is 1. The van der Waals surface area contributed by atoms with Gasteiger partial charge >= 0.3 is 5.97 Å². The van der Waals surface area contributed by atoms with Crippen LogP contribution in [0.2, 0.25) is 0 Å². The topological polar surface area (TPSA) is 64.3 Å². The first kappa shape index (κ1) is 18.2. The van der Waals surface area contributed by atoms with Crippen LogP contribution < -0.4 is 10.1 Å². The van der Waals surface area contributed by atoms with Crippen LogP contribution in [0.25, 0.3) is 11.3 Å². The predicted molar refractivity (Wildman–Crippen MR) is 101 cm³/mol. The zero-order valence-electron chi connectivity index (χ0n) is 15.9. The zero-order chi connectivity index (χ0) is 18.8. The van der Waals surface area contributed by atoms with Gasteiger partial charge in [-0.1, -0.05) is 13.8 Å². The summed E-state index contributed by atoms with van der Waals surface area (Å²) < 4.78 is 12.8. The summed E-state index contributed by atoms with van der Waals surface area (Å²) in [5.74, 6) is 0.487. The van der Waals surface area contributed by atoms with Crippen LogP contribution >= 0.6 is 0 Å². The molecular formula is C21H26N2O3. The van der Waals surface area contributed by atoms with Crippen molar-refractivity contribution in [1.82, 2.24) is 4.57 Å². The number of esters is 1. The highest BCUT2D eigenvalue weighted by Gasteiger charge is 2.26. The first-order chi connectivity index (χ1) is 12.5. The van der Waals surface area contributed by atoms with Gasteiger partial charge in [0.05, 0.1) is 24.8 Å². The number of methoxy groups -OCH3 is 1. The summed E-state index contributed by atoms with van der Waals surface area (Å²) in [6.45, 7) is 6.33. The van der Waals surface area contributed by atoms with Crippen LogP contribution in [-0.4, -0.2) is 24.3 Å². The Morgan fingerprint density at radius 2 is 2.04 bits per heavy atom. The smallest absolute Gasteiger partial charge is 0.341 e. The molecule has 1 N–H and O–H groups in total. The molecule has 1 aromatic carbocycles. The summed E-state index contributed by atoms with van der Waals surface area (Å²) in [6, 6.07) is 6.32. The van der Waals surface area contributed by atoms with E-state index in [2.05, 4.69) is 30.5 Å². The molecule has 0 bridgehead atoms. The Bertz CT molecular complexity index is 899. The zero-order valence-corrected chi connectivity index (χ0v) is 15.9. The van der Waals surface area contributed by atoms with Gasteiger partial charge in [-0.15, -0.1) is 0 Å². The number of aromatic nitrogens is 1. The van der Waals surface area contributed by atoms with E-state index >= 15 is 0 Å². The Labute approximate surface area is 154 Å². The molecule has 0 aliphatic carbocycles. The number of hydrogen-bond donors (Lipinski definition) is 1. The molecule has 2 heterocycles. The van der Waals surface area contributed by atoms with Crippen LogP contribution in [0.5, 0.6) is 5.75 Å². The van der Waals surface area contributed by atoms with E-state index in [0.717, 1.165) is 41.8 Å². The third kappa shape index (κ3) is 3.02. The van der Waals surface area contributed by atoms with Gasteiger partial charge < -0.3 is 14.0 Å². The van der Waals surface area contributed by atoms with Crippen molar-refractivity contribution in [2.24, 2.45) is 0 Å². The molecule has 2 aromatic rings. The number of rotatable bonds is 5. The lowest BCUT2D eigenvalue weighted by molar-refractivity contribution is 0.0523. The largest absolute Gasteiger partial charge is 0.496 e. The van der Waals surface area contributed by atoms with Crippen LogP contribution in [0.1, 0.15) is 54.7 Å². The quantitative estimate of drug-likeness (QED) is 0.829. The first-order valence-electron chi connectivity index (χ1n) is 9.21. The molecule has 1 aliphatic heterocycles. The molecule has 1 aliphatic rings. The SMILES string of the molecule is CCOC(=O)c1cn2c(cc1=N)-c1cc(CC)c(OC)cc1CC2CC. The Kier molecular flexibility index (Phi) is 5.16. The van der Waals surface area contributed by atoms with Gasteiger partial charge in [-0.25, -0.2) is 4.79 Å². The van der Waals surface area contributed by atoms with Crippen molar-refractivity contribution in [3.63, 3.8) is 0 Å².